The number of nitrogen functional groups attached to an aromatic ring is 1. The van der Waals surface area contributed by atoms with Gasteiger partial charge in [-0.25, -0.2) is 9.88 Å². The Balaban J connectivity index is 1.91. The molecular formula is C15H26N5O7P. The van der Waals surface area contributed by atoms with Gasteiger partial charge in [-0.15, -0.1) is 0 Å². The molecule has 1 unspecified atom stereocenters. The minimum absolute atomic E-state index is 0.0445. The van der Waals surface area contributed by atoms with E-state index in [0.29, 0.717) is 0 Å². The van der Waals surface area contributed by atoms with Gasteiger partial charge in [0.1, 0.15) is 24.1 Å². The molecule has 1 fully saturated rings. The molecule has 12 nitrogen and oxygen atoms in total. The van der Waals surface area contributed by atoms with E-state index >= 15 is 0 Å². The fourth-order valence-electron chi connectivity index (χ4n) is 2.54. The van der Waals surface area contributed by atoms with Crippen LogP contribution in [0.2, 0.25) is 0 Å². The highest BCUT2D eigenvalue weighted by Gasteiger charge is 2.43. The summed E-state index contributed by atoms with van der Waals surface area (Å²) in [6.45, 7) is 4.62. The van der Waals surface area contributed by atoms with Crippen LogP contribution in [0.4, 0.5) is 5.82 Å². The van der Waals surface area contributed by atoms with Crippen molar-refractivity contribution >= 4 is 20.0 Å². The van der Waals surface area contributed by atoms with Crippen LogP contribution in [0.1, 0.15) is 27.0 Å². The predicted molar refractivity (Wildman–Crippen MR) is 99.6 cm³/mol. The molecule has 0 aliphatic carbocycles. The summed E-state index contributed by atoms with van der Waals surface area (Å²) in [6, 6.07) is -0.377. The molecule has 6 atom stereocenters. The normalized spacial score (nSPS) is 26.9. The molecule has 0 saturated carbocycles. The Morgan fingerprint density at radius 3 is 2.79 bits per heavy atom. The largest absolute Gasteiger partial charge is 0.462 e. The summed E-state index contributed by atoms with van der Waals surface area (Å²) in [5.41, 5.74) is 10.7. The number of hydrogen-bond acceptors (Lipinski definition) is 10. The molecule has 0 aromatic carbocycles. The van der Waals surface area contributed by atoms with Crippen LogP contribution < -0.4 is 22.2 Å². The first-order valence-electron chi connectivity index (χ1n) is 8.67. The third kappa shape index (κ3) is 5.60. The maximum atomic E-state index is 12.0. The molecule has 2 heterocycles. The number of nitrogens with zero attached hydrogens (tertiary/aromatic N) is 2. The monoisotopic (exact) mass is 419 g/mol. The highest BCUT2D eigenvalue weighted by Crippen LogP contribution is 2.29. The van der Waals surface area contributed by atoms with Crippen LogP contribution in [0.5, 0.6) is 0 Å². The minimum atomic E-state index is -2.82. The summed E-state index contributed by atoms with van der Waals surface area (Å²) < 4.78 is 28.9. The lowest BCUT2D eigenvalue weighted by Crippen LogP contribution is -2.42. The van der Waals surface area contributed by atoms with Crippen molar-refractivity contribution in [3.8, 4) is 0 Å². The van der Waals surface area contributed by atoms with E-state index in [0.717, 1.165) is 4.57 Å². The van der Waals surface area contributed by atoms with Crippen molar-refractivity contribution in [2.24, 2.45) is 5.73 Å². The molecule has 1 aromatic rings. The second-order valence-corrected chi connectivity index (χ2v) is 7.78. The van der Waals surface area contributed by atoms with Crippen molar-refractivity contribution in [3.63, 3.8) is 0 Å². The van der Waals surface area contributed by atoms with Crippen molar-refractivity contribution in [3.05, 3.63) is 22.7 Å². The molecule has 6 N–H and O–H groups in total. The van der Waals surface area contributed by atoms with E-state index in [9.17, 15) is 19.3 Å². The van der Waals surface area contributed by atoms with E-state index in [1.165, 1.54) is 19.2 Å². The minimum Gasteiger partial charge on any atom is -0.462 e. The Kier molecular flexibility index (Phi) is 7.70. The molecule has 0 amide bonds. The molecule has 1 saturated heterocycles. The highest BCUT2D eigenvalue weighted by molar-refractivity contribution is 7.36. The number of nitrogens with two attached hydrogens (primary N) is 2. The van der Waals surface area contributed by atoms with Crippen molar-refractivity contribution in [2.45, 2.75) is 57.4 Å². The SMILES string of the molecule is CC(C)OC(=O)[C@H](C)N[PH](=O)OC[C@H]1O[C@@H](n2ccc(N)nc2=O)[C@H](N)[C@@H]1O. The molecular weight excluding hydrogens is 393 g/mol. The predicted octanol–water partition coefficient (Wildman–Crippen LogP) is -1.25. The second-order valence-electron chi connectivity index (χ2n) is 6.63. The number of carbonyl (C=O) groups is 1. The number of ether oxygens (including phenoxy) is 2. The average Bonchev–Trinajstić information content (AvgIpc) is 2.87. The maximum absolute atomic E-state index is 12.0. The third-order valence-electron chi connectivity index (χ3n) is 3.96. The van der Waals surface area contributed by atoms with Gasteiger partial charge in [-0.2, -0.15) is 4.98 Å². The van der Waals surface area contributed by atoms with E-state index in [-0.39, 0.29) is 18.5 Å². The first-order valence-corrected chi connectivity index (χ1v) is 9.99. The lowest BCUT2D eigenvalue weighted by Gasteiger charge is -2.18. The number of rotatable bonds is 8. The van der Waals surface area contributed by atoms with Crippen molar-refractivity contribution in [2.75, 3.05) is 12.3 Å². The van der Waals surface area contributed by atoms with E-state index in [2.05, 4.69) is 10.1 Å². The molecule has 1 aromatic heterocycles. The zero-order valence-electron chi connectivity index (χ0n) is 15.8. The average molecular weight is 419 g/mol. The van der Waals surface area contributed by atoms with Gasteiger partial charge in [-0.1, -0.05) is 0 Å². The molecule has 0 spiro atoms. The highest BCUT2D eigenvalue weighted by atomic mass is 31.1. The lowest BCUT2D eigenvalue weighted by atomic mass is 10.1. The van der Waals surface area contributed by atoms with Gasteiger partial charge in [-0.05, 0) is 26.8 Å². The summed E-state index contributed by atoms with van der Waals surface area (Å²) in [5, 5.41) is 12.7. The van der Waals surface area contributed by atoms with Crippen LogP contribution in [-0.2, 0) is 23.4 Å². The number of aliphatic hydroxyl groups is 1. The Hall–Kier alpha value is -1.82. The fourth-order valence-corrected chi connectivity index (χ4v) is 3.42. The van der Waals surface area contributed by atoms with E-state index < -0.39 is 50.4 Å². The van der Waals surface area contributed by atoms with E-state index in [1.54, 1.807) is 13.8 Å². The van der Waals surface area contributed by atoms with Crippen molar-refractivity contribution in [1.82, 2.24) is 14.6 Å². The van der Waals surface area contributed by atoms with Crippen LogP contribution in [0, 0.1) is 0 Å². The summed E-state index contributed by atoms with van der Waals surface area (Å²) in [6.07, 6.45) is -2.03. The molecule has 13 heteroatoms. The Bertz CT molecular complexity index is 773. The van der Waals surface area contributed by atoms with Crippen molar-refractivity contribution in [1.29, 1.82) is 0 Å². The number of carbonyl (C=O) groups excluding carboxylic acids is 1. The smallest absolute Gasteiger partial charge is 0.351 e. The first kappa shape index (κ1) is 22.5. The van der Waals surface area contributed by atoms with Crippen LogP contribution in [0.15, 0.2) is 17.1 Å². The number of aromatic nitrogens is 2. The fraction of sp³-hybridized carbons (Fsp3) is 0.667. The Labute approximate surface area is 162 Å². The second kappa shape index (κ2) is 9.59. The van der Waals surface area contributed by atoms with Gasteiger partial charge in [-0.3, -0.25) is 13.9 Å². The molecule has 0 bridgehead atoms. The molecule has 158 valence electrons. The number of anilines is 1. The molecule has 1 aliphatic heterocycles. The first-order chi connectivity index (χ1) is 13.1. The van der Waals surface area contributed by atoms with Crippen LogP contribution in [-0.4, -0.2) is 57.6 Å². The van der Waals surface area contributed by atoms with E-state index in [4.69, 9.17) is 25.5 Å². The zero-order valence-corrected chi connectivity index (χ0v) is 16.8. The van der Waals surface area contributed by atoms with Gasteiger partial charge in [0.25, 0.3) is 8.18 Å². The summed E-state index contributed by atoms with van der Waals surface area (Å²) in [7, 11) is -2.82. The van der Waals surface area contributed by atoms with Gasteiger partial charge >= 0.3 is 11.7 Å². The summed E-state index contributed by atoms with van der Waals surface area (Å²) in [4.78, 5) is 27.2. The molecule has 1 aliphatic rings. The number of nitrogens with one attached hydrogen (secondary N) is 1. The lowest BCUT2D eigenvalue weighted by molar-refractivity contribution is -0.149. The third-order valence-corrected chi connectivity index (χ3v) is 5.06. The topological polar surface area (TPSA) is 181 Å². The molecule has 0 radical (unpaired) electrons. The molecule has 2 rings (SSSR count). The van der Waals surface area contributed by atoms with Crippen LogP contribution >= 0.6 is 8.18 Å². The Morgan fingerprint density at radius 2 is 2.18 bits per heavy atom. The van der Waals surface area contributed by atoms with Gasteiger partial charge in [0.05, 0.1) is 18.8 Å². The van der Waals surface area contributed by atoms with Gasteiger partial charge in [0, 0.05) is 6.20 Å². The van der Waals surface area contributed by atoms with Gasteiger partial charge in [0.15, 0.2) is 6.23 Å². The number of esters is 1. The quantitative estimate of drug-likeness (QED) is 0.292. The molecule has 28 heavy (non-hydrogen) atoms. The number of hydrogen-bond donors (Lipinski definition) is 4. The van der Waals surface area contributed by atoms with Crippen molar-refractivity contribution < 1.29 is 28.5 Å². The summed E-state index contributed by atoms with van der Waals surface area (Å²) in [5.74, 6) is -0.519. The number of aliphatic hydroxyl groups excluding tert-OH is 1. The van der Waals surface area contributed by atoms with Gasteiger partial charge in [0.2, 0.25) is 0 Å². The van der Waals surface area contributed by atoms with E-state index in [1.807, 2.05) is 0 Å². The van der Waals surface area contributed by atoms with Gasteiger partial charge < -0.3 is 30.6 Å². The maximum Gasteiger partial charge on any atom is 0.351 e. The van der Waals surface area contributed by atoms with Crippen LogP contribution in [0.3, 0.4) is 0 Å². The standard InChI is InChI=1S/C15H26N5O7P/c1-7(2)26-14(22)8(3)19-28(24)25-6-9-12(21)11(17)13(27-9)20-5-4-10(16)18-15(20)23/h4-5,7-9,11-13,21,28H,6,17H2,1-3H3,(H,19,24)(H2,16,18,23)/t8-,9+,11+,12+,13+/m0/s1. The Morgan fingerprint density at radius 1 is 1.50 bits per heavy atom. The zero-order chi connectivity index (χ0) is 21.0. The van der Waals surface area contributed by atoms with Crippen LogP contribution in [0.25, 0.3) is 0 Å². The summed E-state index contributed by atoms with van der Waals surface area (Å²) >= 11 is 0.